The Morgan fingerprint density at radius 3 is 2.12 bits per heavy atom. The lowest BCUT2D eigenvalue weighted by Gasteiger charge is -2.44. The summed E-state index contributed by atoms with van der Waals surface area (Å²) in [6.45, 7) is 1.93. The van der Waals surface area contributed by atoms with E-state index in [2.05, 4.69) is 35.2 Å². The van der Waals surface area contributed by atoms with Crippen LogP contribution in [-0.2, 0) is 5.60 Å². The minimum atomic E-state index is -0.761. The number of hydrogen-bond acceptors (Lipinski definition) is 3. The molecule has 1 saturated carbocycles. The molecule has 0 spiro atoms. The monoisotopic (exact) mass is 350 g/mol. The first-order chi connectivity index (χ1) is 12.7. The Bertz CT molecular complexity index is 714. The van der Waals surface area contributed by atoms with Gasteiger partial charge >= 0.3 is 0 Å². The van der Waals surface area contributed by atoms with Gasteiger partial charge in [-0.15, -0.1) is 0 Å². The molecule has 0 atom stereocenters. The number of likely N-dealkylation sites (tertiary alicyclic amines) is 1. The molecule has 0 amide bonds. The third kappa shape index (κ3) is 3.51. The van der Waals surface area contributed by atoms with E-state index >= 15 is 0 Å². The largest absolute Gasteiger partial charge is 0.398 e. The molecule has 1 aliphatic carbocycles. The highest BCUT2D eigenvalue weighted by Crippen LogP contribution is 2.39. The summed E-state index contributed by atoms with van der Waals surface area (Å²) in [6, 6.07) is 19.4. The molecule has 0 bridgehead atoms. The van der Waals surface area contributed by atoms with Crippen molar-refractivity contribution in [1.29, 1.82) is 0 Å². The fourth-order valence-electron chi connectivity index (χ4n) is 4.95. The van der Waals surface area contributed by atoms with Gasteiger partial charge in [-0.05, 0) is 56.1 Å². The molecule has 2 aromatic carbocycles. The van der Waals surface area contributed by atoms with Crippen LogP contribution in [0.4, 0.5) is 5.69 Å². The molecule has 3 nitrogen and oxygen atoms in total. The van der Waals surface area contributed by atoms with Crippen molar-refractivity contribution in [1.82, 2.24) is 4.90 Å². The van der Waals surface area contributed by atoms with Gasteiger partial charge in [0.25, 0.3) is 0 Å². The molecule has 26 heavy (non-hydrogen) atoms. The van der Waals surface area contributed by atoms with Crippen LogP contribution in [0.1, 0.15) is 55.6 Å². The molecule has 0 radical (unpaired) electrons. The van der Waals surface area contributed by atoms with Crippen LogP contribution in [-0.4, -0.2) is 29.1 Å². The Kier molecular flexibility index (Phi) is 5.01. The Labute approximate surface area is 156 Å². The maximum absolute atomic E-state index is 11.1. The predicted octanol–water partition coefficient (Wildman–Crippen LogP) is 4.28. The average Bonchev–Trinajstić information content (AvgIpc) is 2.70. The minimum absolute atomic E-state index is 0.674. The Hall–Kier alpha value is -1.84. The second kappa shape index (κ2) is 7.42. The molecule has 3 N–H and O–H groups in total. The third-order valence-electron chi connectivity index (χ3n) is 6.57. The van der Waals surface area contributed by atoms with Crippen molar-refractivity contribution in [3.05, 3.63) is 65.7 Å². The molecule has 138 valence electrons. The summed E-state index contributed by atoms with van der Waals surface area (Å²) in [5.74, 6) is 0.721. The maximum atomic E-state index is 11.1. The summed E-state index contributed by atoms with van der Waals surface area (Å²) in [6.07, 6.45) is 6.65. The van der Waals surface area contributed by atoms with Crippen molar-refractivity contribution < 1.29 is 5.11 Å². The van der Waals surface area contributed by atoms with Crippen molar-refractivity contribution >= 4 is 5.69 Å². The van der Waals surface area contributed by atoms with E-state index in [4.69, 9.17) is 5.73 Å². The highest BCUT2D eigenvalue weighted by Gasteiger charge is 2.37. The van der Waals surface area contributed by atoms with Crippen molar-refractivity contribution in [2.24, 2.45) is 0 Å². The van der Waals surface area contributed by atoms with Crippen molar-refractivity contribution in [2.45, 2.75) is 56.1 Å². The number of hydrogen-bond donors (Lipinski definition) is 2. The lowest BCUT2D eigenvalue weighted by molar-refractivity contribution is -0.0391. The molecule has 0 unspecified atom stereocenters. The van der Waals surface area contributed by atoms with Crippen LogP contribution in [0.2, 0.25) is 0 Å². The van der Waals surface area contributed by atoms with E-state index in [1.807, 2.05) is 24.3 Å². The summed E-state index contributed by atoms with van der Waals surface area (Å²) in [5.41, 5.74) is 8.47. The van der Waals surface area contributed by atoms with Crippen LogP contribution in [0.25, 0.3) is 0 Å². The molecule has 3 heteroatoms. The van der Waals surface area contributed by atoms with Gasteiger partial charge in [-0.2, -0.15) is 0 Å². The summed E-state index contributed by atoms with van der Waals surface area (Å²) in [5, 5.41) is 11.1. The van der Waals surface area contributed by atoms with Gasteiger partial charge < -0.3 is 15.7 Å². The lowest BCUT2D eigenvalue weighted by Crippen LogP contribution is -2.48. The first-order valence-corrected chi connectivity index (χ1v) is 10.0. The maximum Gasteiger partial charge on any atom is 0.0940 e. The van der Waals surface area contributed by atoms with E-state index in [1.165, 1.54) is 31.2 Å². The highest BCUT2D eigenvalue weighted by atomic mass is 16.3. The second-order valence-corrected chi connectivity index (χ2v) is 8.07. The van der Waals surface area contributed by atoms with Gasteiger partial charge in [0, 0.05) is 30.4 Å². The number of aliphatic hydroxyl groups is 1. The standard InChI is InChI=1S/C23H30N2O/c24-22-9-5-4-8-21(22)23(26)14-16-25(17-15-23)20-12-10-19(11-13-20)18-6-2-1-3-7-18/h1-9,19-20,26H,10-17,24H2. The van der Waals surface area contributed by atoms with Gasteiger partial charge in [-0.1, -0.05) is 48.5 Å². The molecule has 2 aromatic rings. The van der Waals surface area contributed by atoms with E-state index in [0.717, 1.165) is 37.4 Å². The van der Waals surface area contributed by atoms with E-state index in [9.17, 15) is 5.11 Å². The average molecular weight is 351 g/mol. The van der Waals surface area contributed by atoms with Crippen LogP contribution >= 0.6 is 0 Å². The third-order valence-corrected chi connectivity index (χ3v) is 6.57. The van der Waals surface area contributed by atoms with Crippen molar-refractivity contribution in [3.8, 4) is 0 Å². The van der Waals surface area contributed by atoms with Gasteiger partial charge in [-0.3, -0.25) is 0 Å². The van der Waals surface area contributed by atoms with Crippen LogP contribution in [0, 0.1) is 0 Å². The predicted molar refractivity (Wildman–Crippen MR) is 107 cm³/mol. The Morgan fingerprint density at radius 2 is 1.46 bits per heavy atom. The molecule has 4 rings (SSSR count). The number of anilines is 1. The zero-order chi connectivity index (χ0) is 18.0. The van der Waals surface area contributed by atoms with E-state index < -0.39 is 5.60 Å². The van der Waals surface area contributed by atoms with Crippen LogP contribution in [0.15, 0.2) is 54.6 Å². The molecule has 0 aromatic heterocycles. The van der Waals surface area contributed by atoms with E-state index in [1.54, 1.807) is 0 Å². The van der Waals surface area contributed by atoms with E-state index in [0.29, 0.717) is 11.7 Å². The zero-order valence-corrected chi connectivity index (χ0v) is 15.5. The van der Waals surface area contributed by atoms with Crippen LogP contribution in [0.5, 0.6) is 0 Å². The molecule has 1 aliphatic heterocycles. The number of nitrogen functional groups attached to an aromatic ring is 1. The molecular weight excluding hydrogens is 320 g/mol. The summed E-state index contributed by atoms with van der Waals surface area (Å²) in [4.78, 5) is 2.61. The Morgan fingerprint density at radius 1 is 0.846 bits per heavy atom. The fourth-order valence-corrected chi connectivity index (χ4v) is 4.95. The number of nitrogens with two attached hydrogens (primary N) is 1. The molecule has 1 heterocycles. The quantitative estimate of drug-likeness (QED) is 0.813. The first kappa shape index (κ1) is 17.6. The number of nitrogens with zero attached hydrogens (tertiary/aromatic N) is 1. The summed E-state index contributed by atoms with van der Waals surface area (Å²) < 4.78 is 0. The number of para-hydroxylation sites is 1. The number of piperidine rings is 1. The molecule has 1 saturated heterocycles. The zero-order valence-electron chi connectivity index (χ0n) is 15.5. The summed E-state index contributed by atoms with van der Waals surface area (Å²) >= 11 is 0. The smallest absolute Gasteiger partial charge is 0.0940 e. The number of rotatable bonds is 3. The van der Waals surface area contributed by atoms with Crippen LogP contribution < -0.4 is 5.73 Å². The SMILES string of the molecule is Nc1ccccc1C1(O)CCN(C2CCC(c3ccccc3)CC2)CC1. The molecular formula is C23H30N2O. The van der Waals surface area contributed by atoms with Gasteiger partial charge in [0.15, 0.2) is 0 Å². The van der Waals surface area contributed by atoms with Gasteiger partial charge in [-0.25, -0.2) is 0 Å². The number of benzene rings is 2. The molecule has 2 fully saturated rings. The van der Waals surface area contributed by atoms with Crippen molar-refractivity contribution in [2.75, 3.05) is 18.8 Å². The summed E-state index contributed by atoms with van der Waals surface area (Å²) in [7, 11) is 0. The fraction of sp³-hybridized carbons (Fsp3) is 0.478. The van der Waals surface area contributed by atoms with Crippen LogP contribution in [0.3, 0.4) is 0 Å². The normalized spacial score (nSPS) is 26.5. The minimum Gasteiger partial charge on any atom is -0.398 e. The van der Waals surface area contributed by atoms with Crippen molar-refractivity contribution in [3.63, 3.8) is 0 Å². The Balaban J connectivity index is 1.34. The molecule has 2 aliphatic rings. The first-order valence-electron chi connectivity index (χ1n) is 10.0. The van der Waals surface area contributed by atoms with E-state index in [-0.39, 0.29) is 0 Å². The second-order valence-electron chi connectivity index (χ2n) is 8.07. The topological polar surface area (TPSA) is 49.5 Å². The van der Waals surface area contributed by atoms with Gasteiger partial charge in [0.05, 0.1) is 5.60 Å². The van der Waals surface area contributed by atoms with Gasteiger partial charge in [0.1, 0.15) is 0 Å². The van der Waals surface area contributed by atoms with Gasteiger partial charge in [0.2, 0.25) is 0 Å². The highest BCUT2D eigenvalue weighted by molar-refractivity contribution is 5.49. The lowest BCUT2D eigenvalue weighted by atomic mass is 9.79.